The zero-order chi connectivity index (χ0) is 14.4. The smallest absolute Gasteiger partial charge is 0.305 e. The molecule has 0 aromatic heterocycles. The molecule has 0 spiro atoms. The fourth-order valence-corrected chi connectivity index (χ4v) is 2.65. The number of hydrogen-bond acceptors (Lipinski definition) is 2. The topological polar surface area (TPSA) is 26.3 Å². The summed E-state index contributed by atoms with van der Waals surface area (Å²) in [4.78, 5) is 11.3. The SMILES string of the molecule is CCOC(=O)CCCCc1cccc2cccc(C)c12. The molecule has 0 amide bonds. The number of rotatable bonds is 6. The quantitative estimate of drug-likeness (QED) is 0.573. The van der Waals surface area contributed by atoms with E-state index in [1.54, 1.807) is 0 Å². The van der Waals surface area contributed by atoms with E-state index in [0.29, 0.717) is 13.0 Å². The molecule has 0 N–H and O–H groups in total. The first-order chi connectivity index (χ1) is 9.72. The Morgan fingerprint density at radius 1 is 1.10 bits per heavy atom. The van der Waals surface area contributed by atoms with E-state index in [0.717, 1.165) is 19.3 Å². The van der Waals surface area contributed by atoms with E-state index in [-0.39, 0.29) is 5.97 Å². The van der Waals surface area contributed by atoms with Crippen LogP contribution < -0.4 is 0 Å². The van der Waals surface area contributed by atoms with Crippen molar-refractivity contribution in [1.29, 1.82) is 0 Å². The summed E-state index contributed by atoms with van der Waals surface area (Å²) in [6.45, 7) is 4.47. The van der Waals surface area contributed by atoms with Crippen LogP contribution in [0.2, 0.25) is 0 Å². The fourth-order valence-electron chi connectivity index (χ4n) is 2.65. The van der Waals surface area contributed by atoms with Crippen LogP contribution in [-0.2, 0) is 16.0 Å². The molecule has 0 atom stereocenters. The molecule has 0 heterocycles. The second-order valence-electron chi connectivity index (χ2n) is 5.10. The summed E-state index contributed by atoms with van der Waals surface area (Å²) in [6.07, 6.45) is 3.45. The summed E-state index contributed by atoms with van der Waals surface area (Å²) in [6, 6.07) is 12.9. The minimum atomic E-state index is -0.0819. The Morgan fingerprint density at radius 2 is 1.85 bits per heavy atom. The average Bonchev–Trinajstić information content (AvgIpc) is 2.44. The molecule has 20 heavy (non-hydrogen) atoms. The summed E-state index contributed by atoms with van der Waals surface area (Å²) < 4.78 is 4.94. The molecule has 0 aliphatic carbocycles. The minimum absolute atomic E-state index is 0.0819. The van der Waals surface area contributed by atoms with Gasteiger partial charge in [-0.05, 0) is 55.0 Å². The van der Waals surface area contributed by atoms with Crippen LogP contribution in [0.1, 0.15) is 37.3 Å². The van der Waals surface area contributed by atoms with Crippen LogP contribution in [0.3, 0.4) is 0 Å². The Labute approximate surface area is 120 Å². The van der Waals surface area contributed by atoms with Crippen LogP contribution >= 0.6 is 0 Å². The van der Waals surface area contributed by atoms with Crippen molar-refractivity contribution >= 4 is 16.7 Å². The molecule has 0 unspecified atom stereocenters. The third-order valence-electron chi connectivity index (χ3n) is 3.58. The third-order valence-corrected chi connectivity index (χ3v) is 3.58. The number of benzene rings is 2. The van der Waals surface area contributed by atoms with E-state index < -0.39 is 0 Å². The predicted molar refractivity (Wildman–Crippen MR) is 82.9 cm³/mol. The molecule has 0 saturated carbocycles. The average molecular weight is 270 g/mol. The van der Waals surface area contributed by atoms with E-state index in [1.165, 1.54) is 21.9 Å². The molecular weight excluding hydrogens is 248 g/mol. The molecule has 2 heteroatoms. The van der Waals surface area contributed by atoms with Crippen molar-refractivity contribution in [2.24, 2.45) is 0 Å². The minimum Gasteiger partial charge on any atom is -0.466 e. The Balaban J connectivity index is 1.98. The number of carbonyl (C=O) groups excluding carboxylic acids is 1. The number of ether oxygens (including phenoxy) is 1. The standard InChI is InChI=1S/C18H22O2/c1-3-20-17(19)13-5-4-9-15-11-7-12-16-10-6-8-14(2)18(15)16/h6-8,10-12H,3-5,9,13H2,1-2H3. The van der Waals surface area contributed by atoms with Crippen LogP contribution in [0.5, 0.6) is 0 Å². The number of unbranched alkanes of at least 4 members (excludes halogenated alkanes) is 1. The summed E-state index contributed by atoms with van der Waals surface area (Å²) >= 11 is 0. The van der Waals surface area contributed by atoms with Gasteiger partial charge in [-0.15, -0.1) is 0 Å². The van der Waals surface area contributed by atoms with Crippen molar-refractivity contribution in [2.45, 2.75) is 39.5 Å². The maximum Gasteiger partial charge on any atom is 0.305 e. The van der Waals surface area contributed by atoms with Crippen molar-refractivity contribution in [3.05, 3.63) is 47.5 Å². The highest BCUT2D eigenvalue weighted by Gasteiger charge is 2.05. The van der Waals surface area contributed by atoms with Crippen molar-refractivity contribution in [1.82, 2.24) is 0 Å². The summed E-state index contributed by atoms with van der Waals surface area (Å²) in [5.74, 6) is -0.0819. The fraction of sp³-hybridized carbons (Fsp3) is 0.389. The number of carbonyl (C=O) groups is 1. The summed E-state index contributed by atoms with van der Waals surface area (Å²) in [5, 5.41) is 2.67. The molecule has 0 radical (unpaired) electrons. The van der Waals surface area contributed by atoms with Crippen molar-refractivity contribution in [3.8, 4) is 0 Å². The van der Waals surface area contributed by atoms with Gasteiger partial charge in [0.2, 0.25) is 0 Å². The van der Waals surface area contributed by atoms with Crippen molar-refractivity contribution < 1.29 is 9.53 Å². The van der Waals surface area contributed by atoms with E-state index in [2.05, 4.69) is 43.3 Å². The van der Waals surface area contributed by atoms with Gasteiger partial charge < -0.3 is 4.74 Å². The lowest BCUT2D eigenvalue weighted by molar-refractivity contribution is -0.143. The van der Waals surface area contributed by atoms with Gasteiger partial charge in [-0.1, -0.05) is 36.4 Å². The van der Waals surface area contributed by atoms with Gasteiger partial charge in [0.15, 0.2) is 0 Å². The first-order valence-corrected chi connectivity index (χ1v) is 7.35. The molecule has 0 aliphatic heterocycles. The second kappa shape index (κ2) is 7.09. The zero-order valence-corrected chi connectivity index (χ0v) is 12.3. The second-order valence-corrected chi connectivity index (χ2v) is 5.10. The predicted octanol–water partition coefficient (Wildman–Crippen LogP) is 4.42. The van der Waals surface area contributed by atoms with Crippen molar-refractivity contribution in [2.75, 3.05) is 6.61 Å². The summed E-state index contributed by atoms with van der Waals surface area (Å²) in [7, 11) is 0. The maximum absolute atomic E-state index is 11.3. The van der Waals surface area contributed by atoms with E-state index in [1.807, 2.05) is 6.92 Å². The van der Waals surface area contributed by atoms with Crippen molar-refractivity contribution in [3.63, 3.8) is 0 Å². The number of hydrogen-bond donors (Lipinski definition) is 0. The van der Waals surface area contributed by atoms with Crippen LogP contribution in [0.15, 0.2) is 36.4 Å². The van der Waals surface area contributed by atoms with Gasteiger partial charge >= 0.3 is 5.97 Å². The molecule has 0 fully saturated rings. The van der Waals surface area contributed by atoms with Gasteiger partial charge in [0, 0.05) is 6.42 Å². The van der Waals surface area contributed by atoms with E-state index in [4.69, 9.17) is 4.74 Å². The lowest BCUT2D eigenvalue weighted by Gasteiger charge is -2.09. The van der Waals surface area contributed by atoms with Gasteiger partial charge in [-0.25, -0.2) is 0 Å². The van der Waals surface area contributed by atoms with Crippen LogP contribution in [0, 0.1) is 6.92 Å². The first kappa shape index (κ1) is 14.6. The highest BCUT2D eigenvalue weighted by atomic mass is 16.5. The molecule has 0 bridgehead atoms. The highest BCUT2D eigenvalue weighted by molar-refractivity contribution is 5.88. The third kappa shape index (κ3) is 3.60. The Morgan fingerprint density at radius 3 is 2.60 bits per heavy atom. The molecule has 106 valence electrons. The molecule has 0 aliphatic rings. The normalized spacial score (nSPS) is 10.7. The zero-order valence-electron chi connectivity index (χ0n) is 12.3. The monoisotopic (exact) mass is 270 g/mol. The Bertz CT molecular complexity index is 582. The first-order valence-electron chi connectivity index (χ1n) is 7.35. The van der Waals surface area contributed by atoms with Crippen LogP contribution in [-0.4, -0.2) is 12.6 Å². The van der Waals surface area contributed by atoms with Gasteiger partial charge in [-0.2, -0.15) is 0 Å². The lowest BCUT2D eigenvalue weighted by atomic mass is 9.96. The Hall–Kier alpha value is -1.83. The molecular formula is C18H22O2. The molecule has 2 rings (SSSR count). The molecule has 0 saturated heterocycles. The van der Waals surface area contributed by atoms with Gasteiger partial charge in [-0.3, -0.25) is 4.79 Å². The highest BCUT2D eigenvalue weighted by Crippen LogP contribution is 2.24. The number of esters is 1. The number of fused-ring (bicyclic) bond motifs is 1. The summed E-state index contributed by atoms with van der Waals surface area (Å²) in [5.41, 5.74) is 2.70. The lowest BCUT2D eigenvalue weighted by Crippen LogP contribution is -2.03. The van der Waals surface area contributed by atoms with Crippen LogP contribution in [0.25, 0.3) is 10.8 Å². The van der Waals surface area contributed by atoms with Crippen LogP contribution in [0.4, 0.5) is 0 Å². The molecule has 2 aromatic rings. The van der Waals surface area contributed by atoms with E-state index in [9.17, 15) is 4.79 Å². The van der Waals surface area contributed by atoms with Gasteiger partial charge in [0.1, 0.15) is 0 Å². The largest absolute Gasteiger partial charge is 0.466 e. The maximum atomic E-state index is 11.3. The molecule has 2 nitrogen and oxygen atoms in total. The Kier molecular flexibility index (Phi) is 5.16. The molecule has 2 aromatic carbocycles. The number of aryl methyl sites for hydroxylation is 2. The van der Waals surface area contributed by atoms with Gasteiger partial charge in [0.25, 0.3) is 0 Å². The van der Waals surface area contributed by atoms with Gasteiger partial charge in [0.05, 0.1) is 6.61 Å². The van der Waals surface area contributed by atoms with E-state index >= 15 is 0 Å².